The lowest BCUT2D eigenvalue weighted by Gasteiger charge is -2.41. The number of carbonyl (C=O) groups excluding carboxylic acids is 1. The van der Waals surface area contributed by atoms with Gasteiger partial charge in [0.15, 0.2) is 21.5 Å². The zero-order valence-corrected chi connectivity index (χ0v) is 30.7. The maximum atomic E-state index is 13.1. The summed E-state index contributed by atoms with van der Waals surface area (Å²) < 4.78 is 50.7. The van der Waals surface area contributed by atoms with E-state index in [1.165, 1.54) is 25.3 Å². The SMILES string of the molecule is C.C.C.C.COC(=O)/C(=C\C=C\N(C)CCC[Si](C)(O[Si](C)(C)C)O[Si](C)(C)O[Si](C)(C)C)S(=O)(=O)c1ccc(C)cc1. The Morgan fingerprint density at radius 1 is 0.837 bits per heavy atom. The summed E-state index contributed by atoms with van der Waals surface area (Å²) in [6.07, 6.45) is 5.43. The largest absolute Gasteiger partial charge is 0.465 e. The summed E-state index contributed by atoms with van der Waals surface area (Å²) in [6.45, 7) is 22.0. The lowest BCUT2D eigenvalue weighted by molar-refractivity contribution is -0.135. The van der Waals surface area contributed by atoms with Gasteiger partial charge in [-0.2, -0.15) is 0 Å². The van der Waals surface area contributed by atoms with E-state index in [2.05, 4.69) is 58.9 Å². The third kappa shape index (κ3) is 18.3. The quantitative estimate of drug-likeness (QED) is 0.0779. The average Bonchev–Trinajstić information content (AvgIpc) is 2.72. The third-order valence-corrected chi connectivity index (χ3v) is 20.6. The summed E-state index contributed by atoms with van der Waals surface area (Å²) in [4.78, 5) is 13.9. The molecule has 0 fully saturated rings. The summed E-state index contributed by atoms with van der Waals surface area (Å²) in [5, 5.41) is 0. The Kier molecular flexibility index (Phi) is 21.7. The van der Waals surface area contributed by atoms with Crippen molar-refractivity contribution in [2.75, 3.05) is 20.7 Å². The van der Waals surface area contributed by atoms with Crippen LogP contribution in [0.3, 0.4) is 0 Å². The molecule has 1 aromatic carbocycles. The summed E-state index contributed by atoms with van der Waals surface area (Å²) in [5.74, 6) is -0.905. The van der Waals surface area contributed by atoms with Crippen molar-refractivity contribution >= 4 is 49.6 Å². The van der Waals surface area contributed by atoms with E-state index in [1.54, 1.807) is 24.4 Å². The van der Waals surface area contributed by atoms with Gasteiger partial charge < -0.3 is 22.0 Å². The van der Waals surface area contributed by atoms with Gasteiger partial charge in [-0.15, -0.1) is 0 Å². The van der Waals surface area contributed by atoms with E-state index in [-0.39, 0.29) is 34.6 Å². The zero-order chi connectivity index (χ0) is 30.3. The molecule has 0 aliphatic heterocycles. The number of allylic oxidation sites excluding steroid dienone is 2. The zero-order valence-electron chi connectivity index (χ0n) is 25.9. The number of sulfone groups is 1. The van der Waals surface area contributed by atoms with Gasteiger partial charge in [-0.3, -0.25) is 0 Å². The molecular weight excluding hydrogens is 631 g/mol. The van der Waals surface area contributed by atoms with E-state index in [0.29, 0.717) is 6.54 Å². The minimum atomic E-state index is -4.02. The lowest BCUT2D eigenvalue weighted by atomic mass is 10.2. The fourth-order valence-corrected chi connectivity index (χ4v) is 23.5. The predicted octanol–water partition coefficient (Wildman–Crippen LogP) is 8.70. The van der Waals surface area contributed by atoms with E-state index in [9.17, 15) is 13.2 Å². The Hall–Kier alpha value is -1.33. The molecule has 0 saturated carbocycles. The number of carbonyl (C=O) groups is 1. The standard InChI is InChI=1S/C26H49NO7SSi4.4CH4/c1-23-16-18-24(19-17-23)35(29,30)25(26(28)31-3)15-13-20-27(2)21-14-22-39(12,33-37(7,8)9)34-38(10,11)32-36(4,5)6;;;;/h13,15-20H,14,21-22H2,1-12H3;4*1H4/b20-13+,25-15+;;;;. The molecule has 8 nitrogen and oxygen atoms in total. The fourth-order valence-electron chi connectivity index (χ4n) is 4.26. The first-order valence-electron chi connectivity index (χ1n) is 13.2. The Bertz CT molecular complexity index is 1130. The monoisotopic (exact) mass is 695 g/mol. The number of esters is 1. The van der Waals surface area contributed by atoms with Gasteiger partial charge in [0.05, 0.1) is 12.0 Å². The van der Waals surface area contributed by atoms with Crippen molar-refractivity contribution in [2.45, 2.75) is 113 Å². The number of hydrogen-bond acceptors (Lipinski definition) is 8. The maximum absolute atomic E-state index is 13.1. The van der Waals surface area contributed by atoms with Gasteiger partial charge in [-0.05, 0) is 109 Å². The number of hydrogen-bond donors (Lipinski definition) is 0. The molecule has 1 atom stereocenters. The van der Waals surface area contributed by atoms with Crippen molar-refractivity contribution in [2.24, 2.45) is 0 Å². The van der Waals surface area contributed by atoms with Gasteiger partial charge in [-0.1, -0.05) is 47.4 Å². The van der Waals surface area contributed by atoms with E-state index in [1.807, 2.05) is 18.9 Å². The molecule has 1 rings (SSSR count). The highest BCUT2D eigenvalue weighted by Gasteiger charge is 2.44. The Morgan fingerprint density at radius 2 is 1.33 bits per heavy atom. The molecule has 0 aromatic heterocycles. The van der Waals surface area contributed by atoms with Crippen LogP contribution in [0.25, 0.3) is 0 Å². The molecule has 0 saturated heterocycles. The second-order valence-corrected chi connectivity index (χ2v) is 30.7. The van der Waals surface area contributed by atoms with Crippen LogP contribution in [0.4, 0.5) is 0 Å². The molecule has 0 N–H and O–H groups in total. The van der Waals surface area contributed by atoms with Crippen LogP contribution in [0.2, 0.25) is 65.0 Å². The van der Waals surface area contributed by atoms with Gasteiger partial charge in [0, 0.05) is 13.6 Å². The third-order valence-electron chi connectivity index (χ3n) is 5.27. The molecule has 0 heterocycles. The fraction of sp³-hybridized carbons (Fsp3) is 0.633. The van der Waals surface area contributed by atoms with Crippen molar-refractivity contribution in [1.29, 1.82) is 0 Å². The van der Waals surface area contributed by atoms with Gasteiger partial charge in [0.2, 0.25) is 9.84 Å². The van der Waals surface area contributed by atoms with Gasteiger partial charge in [0.1, 0.15) is 0 Å². The van der Waals surface area contributed by atoms with Crippen LogP contribution in [0, 0.1) is 6.92 Å². The highest BCUT2D eigenvalue weighted by molar-refractivity contribution is 7.96. The summed E-state index contributed by atoms with van der Waals surface area (Å²) in [6, 6.07) is 7.17. The first-order chi connectivity index (χ1) is 17.6. The molecule has 0 spiro atoms. The van der Waals surface area contributed by atoms with Crippen LogP contribution in [-0.2, 0) is 31.7 Å². The summed E-state index contributed by atoms with van der Waals surface area (Å²) in [7, 11) is -9.42. The Balaban J connectivity index is -0.00000190. The van der Waals surface area contributed by atoms with E-state index < -0.39 is 54.5 Å². The average molecular weight is 696 g/mol. The van der Waals surface area contributed by atoms with Crippen LogP contribution in [0.5, 0.6) is 0 Å². The lowest BCUT2D eigenvalue weighted by Crippen LogP contribution is -2.56. The topological polar surface area (TPSA) is 91.4 Å². The van der Waals surface area contributed by atoms with E-state index in [0.717, 1.165) is 18.0 Å². The minimum absolute atomic E-state index is 0. The summed E-state index contributed by atoms with van der Waals surface area (Å²) in [5.41, 5.74) is 0.924. The van der Waals surface area contributed by atoms with Crippen LogP contribution < -0.4 is 0 Å². The number of benzene rings is 1. The Labute approximate surface area is 270 Å². The second-order valence-electron chi connectivity index (χ2n) is 12.3. The summed E-state index contributed by atoms with van der Waals surface area (Å²) >= 11 is 0. The highest BCUT2D eigenvalue weighted by Crippen LogP contribution is 2.28. The number of aryl methyl sites for hydroxylation is 1. The van der Waals surface area contributed by atoms with E-state index >= 15 is 0 Å². The molecule has 1 unspecified atom stereocenters. The smallest absolute Gasteiger partial charge is 0.349 e. The molecule has 0 radical (unpaired) electrons. The number of rotatable bonds is 15. The van der Waals surface area contributed by atoms with Crippen molar-refractivity contribution in [3.05, 3.63) is 53.1 Å². The molecule has 0 bridgehead atoms. The van der Waals surface area contributed by atoms with Gasteiger partial charge in [-0.25, -0.2) is 13.2 Å². The molecule has 0 aliphatic carbocycles. The first-order valence-corrected chi connectivity index (χ1v) is 26.8. The van der Waals surface area contributed by atoms with Crippen molar-refractivity contribution < 1.29 is 30.3 Å². The molecule has 13 heteroatoms. The van der Waals surface area contributed by atoms with Gasteiger partial charge in [0.25, 0.3) is 0 Å². The molecular formula is C30H65NO7SSi4. The highest BCUT2D eigenvalue weighted by atomic mass is 32.2. The Morgan fingerprint density at radius 3 is 1.77 bits per heavy atom. The normalized spacial score (nSPS) is 13.9. The van der Waals surface area contributed by atoms with Crippen molar-refractivity contribution in [1.82, 2.24) is 4.90 Å². The van der Waals surface area contributed by atoms with Crippen molar-refractivity contribution in [3.63, 3.8) is 0 Å². The molecule has 43 heavy (non-hydrogen) atoms. The first kappa shape index (κ1) is 48.6. The number of ether oxygens (including phenoxy) is 1. The van der Waals surface area contributed by atoms with Crippen LogP contribution in [-0.4, -0.2) is 73.7 Å². The molecule has 1 aromatic rings. The van der Waals surface area contributed by atoms with Crippen LogP contribution >= 0.6 is 0 Å². The molecule has 254 valence electrons. The number of methoxy groups -OCH3 is 1. The molecule has 0 aliphatic rings. The second kappa shape index (κ2) is 19.2. The van der Waals surface area contributed by atoms with Crippen molar-refractivity contribution in [3.8, 4) is 0 Å². The predicted molar refractivity (Wildman–Crippen MR) is 196 cm³/mol. The maximum Gasteiger partial charge on any atom is 0.349 e. The van der Waals surface area contributed by atoms with Crippen LogP contribution in [0.1, 0.15) is 41.7 Å². The molecule has 0 amide bonds. The van der Waals surface area contributed by atoms with Crippen LogP contribution in [0.15, 0.2) is 52.4 Å². The van der Waals surface area contributed by atoms with Gasteiger partial charge >= 0.3 is 23.1 Å². The van der Waals surface area contributed by atoms with E-state index in [4.69, 9.17) is 17.1 Å². The minimum Gasteiger partial charge on any atom is -0.465 e. The number of nitrogens with zero attached hydrogens (tertiary/aromatic N) is 1.